The van der Waals surface area contributed by atoms with Crippen molar-refractivity contribution in [3.8, 4) is 5.69 Å². The van der Waals surface area contributed by atoms with Crippen molar-refractivity contribution in [3.63, 3.8) is 0 Å². The van der Waals surface area contributed by atoms with Crippen molar-refractivity contribution >= 4 is 17.8 Å². The molecule has 148 valence electrons. The summed E-state index contributed by atoms with van der Waals surface area (Å²) in [4.78, 5) is 14.3. The second kappa shape index (κ2) is 8.70. The molecule has 2 heterocycles. The fourth-order valence-electron chi connectivity index (χ4n) is 3.21. The number of aromatic nitrogens is 1. The zero-order valence-electron chi connectivity index (χ0n) is 15.8. The molecule has 7 heteroatoms. The molecule has 0 atom stereocenters. The summed E-state index contributed by atoms with van der Waals surface area (Å²) in [6, 6.07) is 16.0. The molecule has 2 aromatic carbocycles. The molecule has 1 amide bonds. The number of halogens is 1. The van der Waals surface area contributed by atoms with Gasteiger partial charge in [0.25, 0.3) is 5.91 Å². The van der Waals surface area contributed by atoms with Gasteiger partial charge in [-0.3, -0.25) is 4.79 Å². The van der Waals surface area contributed by atoms with Gasteiger partial charge in [0.15, 0.2) is 0 Å². The molecule has 0 bridgehead atoms. The molecule has 1 N–H and O–H groups in total. The third-order valence-electron chi connectivity index (χ3n) is 4.71. The van der Waals surface area contributed by atoms with Gasteiger partial charge in [-0.1, -0.05) is 12.1 Å². The van der Waals surface area contributed by atoms with Crippen molar-refractivity contribution in [2.24, 2.45) is 5.10 Å². The van der Waals surface area contributed by atoms with Gasteiger partial charge in [-0.25, -0.2) is 9.82 Å². The molecule has 4 rings (SSSR count). The highest BCUT2D eigenvalue weighted by molar-refractivity contribution is 5.95. The molecule has 1 saturated heterocycles. The molecule has 29 heavy (non-hydrogen) atoms. The van der Waals surface area contributed by atoms with E-state index in [-0.39, 0.29) is 11.7 Å². The number of carbonyl (C=O) groups excluding carboxylic acids is 1. The number of hydrogen-bond donors (Lipinski definition) is 1. The molecule has 1 aliphatic rings. The quantitative estimate of drug-likeness (QED) is 0.536. The Kier molecular flexibility index (Phi) is 5.67. The SMILES string of the molecule is O=C(N/N=C/c1ccc(N2CCOCC2)c(F)c1)c1cccc(-n2cccc2)c1. The second-order valence-corrected chi connectivity index (χ2v) is 6.65. The highest BCUT2D eigenvalue weighted by Crippen LogP contribution is 2.21. The van der Waals surface area contributed by atoms with Gasteiger partial charge in [0, 0.05) is 36.7 Å². The average molecular weight is 392 g/mol. The Balaban J connectivity index is 1.40. The van der Waals surface area contributed by atoms with Crippen LogP contribution in [-0.2, 0) is 4.74 Å². The maximum absolute atomic E-state index is 14.4. The molecule has 1 aromatic heterocycles. The van der Waals surface area contributed by atoms with Crippen LogP contribution < -0.4 is 10.3 Å². The Labute approximate surface area is 168 Å². The molecule has 6 nitrogen and oxygen atoms in total. The standard InChI is InChI=1S/C22H21FN4O2/c23-20-14-17(6-7-21(20)27-10-12-29-13-11-27)16-24-25-22(28)18-4-3-5-19(15-18)26-8-1-2-9-26/h1-9,14-16H,10-13H2,(H,25,28)/b24-16+. The van der Waals surface area contributed by atoms with E-state index in [4.69, 9.17) is 4.74 Å². The Morgan fingerprint density at radius 1 is 1.07 bits per heavy atom. The van der Waals surface area contributed by atoms with Gasteiger partial charge in [0.1, 0.15) is 5.82 Å². The van der Waals surface area contributed by atoms with Crippen molar-refractivity contribution in [1.82, 2.24) is 9.99 Å². The highest BCUT2D eigenvalue weighted by Gasteiger charge is 2.15. The number of nitrogens with one attached hydrogen (secondary N) is 1. The largest absolute Gasteiger partial charge is 0.378 e. The molecule has 1 fully saturated rings. The minimum atomic E-state index is -0.333. The predicted molar refractivity (Wildman–Crippen MR) is 110 cm³/mol. The third kappa shape index (κ3) is 4.52. The van der Waals surface area contributed by atoms with Crippen LogP contribution in [0.4, 0.5) is 10.1 Å². The smallest absolute Gasteiger partial charge is 0.271 e. The van der Waals surface area contributed by atoms with Crippen LogP contribution >= 0.6 is 0 Å². The van der Waals surface area contributed by atoms with Crippen LogP contribution in [-0.4, -0.2) is 43.0 Å². The summed E-state index contributed by atoms with van der Waals surface area (Å²) in [6.45, 7) is 2.53. The topological polar surface area (TPSA) is 58.9 Å². The van der Waals surface area contributed by atoms with E-state index in [1.165, 1.54) is 12.3 Å². The first-order valence-corrected chi connectivity index (χ1v) is 9.40. The van der Waals surface area contributed by atoms with Crippen LogP contribution in [0.1, 0.15) is 15.9 Å². The van der Waals surface area contributed by atoms with Gasteiger partial charge < -0.3 is 14.2 Å². The number of benzene rings is 2. The number of hydrazone groups is 1. The molecule has 1 aliphatic heterocycles. The maximum atomic E-state index is 14.4. The Hall–Kier alpha value is -3.45. The molecular formula is C22H21FN4O2. The summed E-state index contributed by atoms with van der Waals surface area (Å²) in [5, 5.41) is 3.96. The number of amides is 1. The van der Waals surface area contributed by atoms with Crippen LogP contribution in [0.3, 0.4) is 0 Å². The fourth-order valence-corrected chi connectivity index (χ4v) is 3.21. The lowest BCUT2D eigenvalue weighted by molar-refractivity contribution is 0.0955. The van der Waals surface area contributed by atoms with Crippen molar-refractivity contribution in [1.29, 1.82) is 0 Å². The number of carbonyl (C=O) groups is 1. The van der Waals surface area contributed by atoms with E-state index in [1.807, 2.05) is 46.1 Å². The molecule has 0 unspecified atom stereocenters. The number of hydrogen-bond acceptors (Lipinski definition) is 4. The number of morpholine rings is 1. The van der Waals surface area contributed by atoms with E-state index in [9.17, 15) is 9.18 Å². The lowest BCUT2D eigenvalue weighted by Crippen LogP contribution is -2.36. The van der Waals surface area contributed by atoms with Crippen LogP contribution in [0.2, 0.25) is 0 Å². The average Bonchev–Trinajstić information content (AvgIpc) is 3.29. The molecule has 0 radical (unpaired) electrons. The van der Waals surface area contributed by atoms with Crippen molar-refractivity contribution in [3.05, 3.63) is 83.9 Å². The molecule has 0 spiro atoms. The number of anilines is 1. The van der Waals surface area contributed by atoms with Crippen molar-refractivity contribution < 1.29 is 13.9 Å². The minimum Gasteiger partial charge on any atom is -0.378 e. The Bertz CT molecular complexity index is 1010. The van der Waals surface area contributed by atoms with Crippen molar-refractivity contribution in [2.45, 2.75) is 0 Å². The third-order valence-corrected chi connectivity index (χ3v) is 4.71. The summed E-state index contributed by atoms with van der Waals surface area (Å²) >= 11 is 0. The zero-order valence-corrected chi connectivity index (χ0v) is 15.8. The van der Waals surface area contributed by atoms with Gasteiger partial charge in [-0.05, 0) is 48.0 Å². The van der Waals surface area contributed by atoms with Gasteiger partial charge in [0.05, 0.1) is 25.1 Å². The monoisotopic (exact) mass is 392 g/mol. The second-order valence-electron chi connectivity index (χ2n) is 6.65. The summed E-state index contributed by atoms with van der Waals surface area (Å²) in [5.41, 5.74) is 4.98. The van der Waals surface area contributed by atoms with Gasteiger partial charge in [0.2, 0.25) is 0 Å². The first-order chi connectivity index (χ1) is 14.2. The van der Waals surface area contributed by atoms with Crippen LogP contribution in [0.5, 0.6) is 0 Å². The minimum absolute atomic E-state index is 0.318. The fraction of sp³-hybridized carbons (Fsp3) is 0.182. The molecule has 0 aliphatic carbocycles. The van der Waals surface area contributed by atoms with E-state index in [2.05, 4.69) is 10.5 Å². The van der Waals surface area contributed by atoms with Crippen LogP contribution in [0.25, 0.3) is 5.69 Å². The predicted octanol–water partition coefficient (Wildman–Crippen LogP) is 3.22. The molecular weight excluding hydrogens is 371 g/mol. The normalized spacial score (nSPS) is 14.3. The summed E-state index contributed by atoms with van der Waals surface area (Å²) in [7, 11) is 0. The van der Waals surface area contributed by atoms with Crippen molar-refractivity contribution in [2.75, 3.05) is 31.2 Å². The maximum Gasteiger partial charge on any atom is 0.271 e. The van der Waals surface area contributed by atoms with E-state index in [0.717, 1.165) is 5.69 Å². The lowest BCUT2D eigenvalue weighted by Gasteiger charge is -2.29. The Morgan fingerprint density at radius 3 is 2.62 bits per heavy atom. The lowest BCUT2D eigenvalue weighted by atomic mass is 10.2. The van der Waals surface area contributed by atoms with E-state index in [0.29, 0.717) is 43.1 Å². The zero-order chi connectivity index (χ0) is 20.1. The van der Waals surface area contributed by atoms with Gasteiger partial charge >= 0.3 is 0 Å². The summed E-state index contributed by atoms with van der Waals surface area (Å²) < 4.78 is 21.6. The number of ether oxygens (including phenoxy) is 1. The van der Waals surface area contributed by atoms with Crippen LogP contribution in [0, 0.1) is 5.82 Å². The van der Waals surface area contributed by atoms with E-state index >= 15 is 0 Å². The van der Waals surface area contributed by atoms with E-state index < -0.39 is 0 Å². The number of rotatable bonds is 5. The first-order valence-electron chi connectivity index (χ1n) is 9.40. The molecule has 0 saturated carbocycles. The number of nitrogens with zero attached hydrogens (tertiary/aromatic N) is 3. The van der Waals surface area contributed by atoms with Gasteiger partial charge in [-0.2, -0.15) is 5.10 Å². The summed E-state index contributed by atoms with van der Waals surface area (Å²) in [5.74, 6) is -0.651. The van der Waals surface area contributed by atoms with Crippen LogP contribution in [0.15, 0.2) is 72.1 Å². The highest BCUT2D eigenvalue weighted by atomic mass is 19.1. The van der Waals surface area contributed by atoms with Gasteiger partial charge in [-0.15, -0.1) is 0 Å². The summed E-state index contributed by atoms with van der Waals surface area (Å²) in [6.07, 6.45) is 5.24. The first kappa shape index (κ1) is 18.9. The molecule has 3 aromatic rings. The van der Waals surface area contributed by atoms with E-state index in [1.54, 1.807) is 24.3 Å². The Morgan fingerprint density at radius 2 is 1.86 bits per heavy atom.